The Morgan fingerprint density at radius 3 is 2.04 bits per heavy atom. The highest BCUT2D eigenvalue weighted by Crippen LogP contribution is 2.66. The van der Waals surface area contributed by atoms with Crippen LogP contribution in [0.3, 0.4) is 0 Å². The van der Waals surface area contributed by atoms with Crippen LogP contribution in [0.5, 0.6) is 0 Å². The summed E-state index contributed by atoms with van der Waals surface area (Å²) in [5, 5.41) is 0. The van der Waals surface area contributed by atoms with Crippen molar-refractivity contribution in [3.05, 3.63) is 71.3 Å². The summed E-state index contributed by atoms with van der Waals surface area (Å²) < 4.78 is 56.5. The van der Waals surface area contributed by atoms with E-state index >= 15 is 0 Å². The molecule has 0 radical (unpaired) electrons. The Kier molecular flexibility index (Phi) is 7.87. The number of carbonyl (C=O) groups excluding carboxylic acids is 1. The zero-order valence-electron chi connectivity index (χ0n) is 15.8. The second-order valence-electron chi connectivity index (χ2n) is 5.89. The fourth-order valence-electron chi connectivity index (χ4n) is 2.48. The van der Waals surface area contributed by atoms with E-state index in [4.69, 9.17) is 13.8 Å². The van der Waals surface area contributed by atoms with Crippen molar-refractivity contribution in [2.24, 2.45) is 0 Å². The monoisotopic (exact) mass is 412 g/mol. The van der Waals surface area contributed by atoms with Gasteiger partial charge >= 0.3 is 19.2 Å². The fourth-order valence-corrected chi connectivity index (χ4v) is 4.02. The van der Waals surface area contributed by atoms with Crippen LogP contribution in [-0.2, 0) is 41.8 Å². The van der Waals surface area contributed by atoms with Crippen LogP contribution < -0.4 is 0 Å². The van der Waals surface area contributed by atoms with Gasteiger partial charge in [0, 0.05) is 5.56 Å². The van der Waals surface area contributed by atoms with Crippen LogP contribution >= 0.6 is 7.60 Å². The van der Waals surface area contributed by atoms with Crippen molar-refractivity contribution in [1.29, 1.82) is 0 Å². The molecule has 0 atom stereocenters. The van der Waals surface area contributed by atoms with E-state index < -0.39 is 24.8 Å². The topological polar surface area (TPSA) is 61.8 Å². The van der Waals surface area contributed by atoms with Crippen molar-refractivity contribution in [3.8, 4) is 0 Å². The maximum Gasteiger partial charge on any atom is 0.404 e. The third kappa shape index (κ3) is 5.47. The standard InChI is InChI=1S/C20H23F2O5P/c1-3-26-28(24,27-4-2)20(21,22)18-12-10-16(11-13-18)14-19(23)25-15-17-8-6-5-7-9-17/h5-13H,3-4,14-15H2,1-2H3. The van der Waals surface area contributed by atoms with Crippen molar-refractivity contribution in [2.45, 2.75) is 32.5 Å². The molecular formula is C20H23F2O5P. The molecule has 2 rings (SSSR count). The first kappa shape index (κ1) is 22.2. The van der Waals surface area contributed by atoms with Gasteiger partial charge in [-0.2, -0.15) is 8.78 Å². The maximum absolute atomic E-state index is 14.7. The average Bonchev–Trinajstić information content (AvgIpc) is 2.68. The number of esters is 1. The molecule has 0 aromatic heterocycles. The summed E-state index contributed by atoms with van der Waals surface area (Å²) in [4.78, 5) is 11.9. The second kappa shape index (κ2) is 9.92. The zero-order chi connectivity index (χ0) is 20.6. The van der Waals surface area contributed by atoms with Gasteiger partial charge in [0.2, 0.25) is 0 Å². The molecule has 28 heavy (non-hydrogen) atoms. The Labute approximate surface area is 163 Å². The number of hydrogen-bond acceptors (Lipinski definition) is 5. The molecule has 0 fully saturated rings. The molecule has 2 aromatic carbocycles. The first-order valence-electron chi connectivity index (χ1n) is 8.88. The van der Waals surface area contributed by atoms with Crippen molar-refractivity contribution in [3.63, 3.8) is 0 Å². The molecule has 0 bridgehead atoms. The molecule has 2 aromatic rings. The van der Waals surface area contributed by atoms with Crippen LogP contribution in [0.1, 0.15) is 30.5 Å². The summed E-state index contributed by atoms with van der Waals surface area (Å²) in [7, 11) is -4.66. The van der Waals surface area contributed by atoms with Gasteiger partial charge in [0.15, 0.2) is 0 Å². The van der Waals surface area contributed by atoms with Gasteiger partial charge in [0.25, 0.3) is 0 Å². The molecule has 8 heteroatoms. The van der Waals surface area contributed by atoms with Crippen molar-refractivity contribution < 1.29 is 31.9 Å². The van der Waals surface area contributed by atoms with E-state index in [1.54, 1.807) is 0 Å². The van der Waals surface area contributed by atoms with Gasteiger partial charge < -0.3 is 13.8 Å². The third-order valence-corrected chi connectivity index (χ3v) is 5.98. The van der Waals surface area contributed by atoms with Crippen molar-refractivity contribution >= 4 is 13.6 Å². The lowest BCUT2D eigenvalue weighted by Gasteiger charge is -2.26. The van der Waals surface area contributed by atoms with Crippen LogP contribution in [0, 0.1) is 0 Å². The van der Waals surface area contributed by atoms with E-state index in [2.05, 4.69) is 0 Å². The normalized spacial score (nSPS) is 12.0. The highest BCUT2D eigenvalue weighted by atomic mass is 31.2. The van der Waals surface area contributed by atoms with E-state index in [0.717, 1.165) is 17.7 Å². The first-order valence-corrected chi connectivity index (χ1v) is 10.4. The molecule has 5 nitrogen and oxygen atoms in total. The van der Waals surface area contributed by atoms with Crippen molar-refractivity contribution in [2.75, 3.05) is 13.2 Å². The maximum atomic E-state index is 14.7. The number of hydrogen-bond donors (Lipinski definition) is 0. The number of halogens is 2. The molecule has 0 aliphatic rings. The van der Waals surface area contributed by atoms with Gasteiger partial charge in [-0.3, -0.25) is 9.36 Å². The van der Waals surface area contributed by atoms with E-state index in [0.29, 0.717) is 5.56 Å². The van der Waals surface area contributed by atoms with Gasteiger partial charge in [-0.05, 0) is 25.0 Å². The third-order valence-electron chi connectivity index (χ3n) is 3.83. The molecule has 0 heterocycles. The van der Waals surface area contributed by atoms with Crippen molar-refractivity contribution in [1.82, 2.24) is 0 Å². The number of carbonyl (C=O) groups is 1. The van der Waals surface area contributed by atoms with Gasteiger partial charge in [0.05, 0.1) is 19.6 Å². The minimum atomic E-state index is -4.66. The first-order chi connectivity index (χ1) is 13.3. The summed E-state index contributed by atoms with van der Waals surface area (Å²) >= 11 is 0. The lowest BCUT2D eigenvalue weighted by Crippen LogP contribution is -2.18. The summed E-state index contributed by atoms with van der Waals surface area (Å²) in [5.41, 5.74) is -2.95. The number of alkyl halides is 2. The second-order valence-corrected chi connectivity index (χ2v) is 7.97. The number of ether oxygens (including phenoxy) is 1. The van der Waals surface area contributed by atoms with Crippen LogP contribution in [0.4, 0.5) is 8.78 Å². The predicted octanol–water partition coefficient (Wildman–Crippen LogP) is 5.29. The predicted molar refractivity (Wildman–Crippen MR) is 101 cm³/mol. The molecular weight excluding hydrogens is 389 g/mol. The largest absolute Gasteiger partial charge is 0.461 e. The smallest absolute Gasteiger partial charge is 0.404 e. The molecule has 0 aliphatic carbocycles. The minimum Gasteiger partial charge on any atom is -0.461 e. The summed E-state index contributed by atoms with van der Waals surface area (Å²) in [6.07, 6.45) is -0.0622. The quantitative estimate of drug-likeness (QED) is 0.392. The molecule has 0 aliphatic heterocycles. The summed E-state index contributed by atoms with van der Waals surface area (Å²) in [6.45, 7) is 2.73. The fraction of sp³-hybridized carbons (Fsp3) is 0.350. The Morgan fingerprint density at radius 1 is 0.929 bits per heavy atom. The SMILES string of the molecule is CCOP(=O)(OCC)C(F)(F)c1ccc(CC(=O)OCc2ccccc2)cc1. The minimum absolute atomic E-state index is 0.0622. The molecule has 0 unspecified atom stereocenters. The lowest BCUT2D eigenvalue weighted by atomic mass is 10.1. The number of rotatable bonds is 10. The lowest BCUT2D eigenvalue weighted by molar-refractivity contribution is -0.144. The molecule has 152 valence electrons. The summed E-state index contributed by atoms with van der Waals surface area (Å²) in [6, 6.07) is 14.2. The molecule has 0 saturated heterocycles. The van der Waals surface area contributed by atoms with E-state index in [9.17, 15) is 18.1 Å². The average molecular weight is 412 g/mol. The number of benzene rings is 2. The molecule has 0 amide bonds. The van der Waals surface area contributed by atoms with E-state index in [-0.39, 0.29) is 26.2 Å². The Hall–Kier alpha value is -2.08. The molecule has 0 saturated carbocycles. The van der Waals surface area contributed by atoms with Gasteiger partial charge in [-0.25, -0.2) is 0 Å². The van der Waals surface area contributed by atoms with Gasteiger partial charge in [-0.1, -0.05) is 54.6 Å². The molecule has 0 N–H and O–H groups in total. The highest BCUT2D eigenvalue weighted by molar-refractivity contribution is 7.54. The van der Waals surface area contributed by atoms with Crippen LogP contribution in [0.25, 0.3) is 0 Å². The molecule has 0 spiro atoms. The Morgan fingerprint density at radius 2 is 1.50 bits per heavy atom. The van der Waals surface area contributed by atoms with Gasteiger partial charge in [-0.15, -0.1) is 0 Å². The van der Waals surface area contributed by atoms with E-state index in [1.165, 1.54) is 26.0 Å². The zero-order valence-corrected chi connectivity index (χ0v) is 16.7. The van der Waals surface area contributed by atoms with E-state index in [1.807, 2.05) is 30.3 Å². The Bertz CT molecular complexity index is 799. The van der Waals surface area contributed by atoms with Crippen LogP contribution in [0.15, 0.2) is 54.6 Å². The van der Waals surface area contributed by atoms with Gasteiger partial charge in [0.1, 0.15) is 6.61 Å². The highest BCUT2D eigenvalue weighted by Gasteiger charge is 2.54. The Balaban J connectivity index is 2.03. The van der Waals surface area contributed by atoms with Crippen LogP contribution in [-0.4, -0.2) is 19.2 Å². The van der Waals surface area contributed by atoms with Crippen LogP contribution in [0.2, 0.25) is 0 Å². The summed E-state index contributed by atoms with van der Waals surface area (Å²) in [5.74, 6) is -0.474.